The summed E-state index contributed by atoms with van der Waals surface area (Å²) in [6, 6.07) is 0. The predicted octanol–water partition coefficient (Wildman–Crippen LogP) is 2.06. The maximum atomic E-state index is 10.7. The minimum atomic E-state index is 0.322. The van der Waals surface area contributed by atoms with Gasteiger partial charge in [-0.05, 0) is 35.9 Å². The van der Waals surface area contributed by atoms with Gasteiger partial charge in [-0.25, -0.2) is 0 Å². The van der Waals surface area contributed by atoms with Gasteiger partial charge in [-0.2, -0.15) is 0 Å². The molecule has 1 aliphatic carbocycles. The van der Waals surface area contributed by atoms with Crippen LogP contribution in [0.4, 0.5) is 0 Å². The van der Waals surface area contributed by atoms with E-state index in [1.165, 1.54) is 5.57 Å². The number of Topliss-reactive ketones (excluding diaryl/α,β-unsaturated/α-hetero) is 1. The molecule has 0 aromatic carbocycles. The Kier molecular flexibility index (Phi) is 1.70. The number of ketones is 1. The molecule has 0 fully saturated rings. The normalized spacial score (nSPS) is 20.5. The van der Waals surface area contributed by atoms with Gasteiger partial charge in [0.15, 0.2) is 5.78 Å². The van der Waals surface area contributed by atoms with Crippen LogP contribution in [0.1, 0.15) is 19.8 Å². The van der Waals surface area contributed by atoms with Gasteiger partial charge in [-0.15, -0.1) is 0 Å². The van der Waals surface area contributed by atoms with Gasteiger partial charge in [0, 0.05) is 6.42 Å². The minimum absolute atomic E-state index is 0.322. The summed E-state index contributed by atoms with van der Waals surface area (Å²) in [5, 5.41) is 0. The second kappa shape index (κ2) is 2.17. The summed E-state index contributed by atoms with van der Waals surface area (Å²) in [7, 11) is 0. The summed E-state index contributed by atoms with van der Waals surface area (Å²) in [4.78, 5) is 10.7. The van der Waals surface area contributed by atoms with Crippen molar-refractivity contribution in [2.24, 2.45) is 0 Å². The highest BCUT2D eigenvalue weighted by molar-refractivity contribution is 14.1. The summed E-state index contributed by atoms with van der Waals surface area (Å²) < 4.78 is 0.961. The lowest BCUT2D eigenvalue weighted by molar-refractivity contribution is -0.114. The molecule has 0 aromatic rings. The van der Waals surface area contributed by atoms with E-state index < -0.39 is 0 Å². The zero-order valence-electron chi connectivity index (χ0n) is 4.70. The summed E-state index contributed by atoms with van der Waals surface area (Å²) in [6.45, 7) is 2.02. The summed E-state index contributed by atoms with van der Waals surface area (Å²) in [6.07, 6.45) is 1.72. The van der Waals surface area contributed by atoms with Gasteiger partial charge in [-0.1, -0.05) is 5.57 Å². The third-order valence-corrected chi connectivity index (χ3v) is 2.87. The molecule has 8 heavy (non-hydrogen) atoms. The maximum absolute atomic E-state index is 10.7. The van der Waals surface area contributed by atoms with Crippen molar-refractivity contribution >= 4 is 28.4 Å². The molecule has 0 N–H and O–H groups in total. The van der Waals surface area contributed by atoms with Crippen LogP contribution in [0.2, 0.25) is 0 Å². The van der Waals surface area contributed by atoms with Crippen LogP contribution in [-0.2, 0) is 4.79 Å². The van der Waals surface area contributed by atoms with E-state index in [1.807, 2.05) is 6.92 Å². The molecular formula is C6H7IO. The number of carbonyl (C=O) groups is 1. The molecule has 0 saturated heterocycles. The van der Waals surface area contributed by atoms with Crippen LogP contribution in [0.3, 0.4) is 0 Å². The van der Waals surface area contributed by atoms with Crippen molar-refractivity contribution in [3.63, 3.8) is 0 Å². The van der Waals surface area contributed by atoms with Crippen molar-refractivity contribution in [1.29, 1.82) is 0 Å². The second-order valence-corrected chi connectivity index (χ2v) is 3.10. The third-order valence-electron chi connectivity index (χ3n) is 1.35. The fourth-order valence-electron chi connectivity index (χ4n) is 0.759. The quantitative estimate of drug-likeness (QED) is 0.573. The van der Waals surface area contributed by atoms with Gasteiger partial charge in [0.2, 0.25) is 0 Å². The molecule has 0 aliphatic heterocycles. The third kappa shape index (κ3) is 0.940. The first-order valence-electron chi connectivity index (χ1n) is 2.60. The van der Waals surface area contributed by atoms with E-state index in [-0.39, 0.29) is 0 Å². The Morgan fingerprint density at radius 2 is 2.12 bits per heavy atom. The summed E-state index contributed by atoms with van der Waals surface area (Å²) in [5.41, 5.74) is 1.26. The zero-order chi connectivity index (χ0) is 6.15. The topological polar surface area (TPSA) is 17.1 Å². The molecule has 0 amide bonds. The van der Waals surface area contributed by atoms with E-state index >= 15 is 0 Å². The van der Waals surface area contributed by atoms with Gasteiger partial charge < -0.3 is 0 Å². The molecule has 1 rings (SSSR count). The lowest BCUT2D eigenvalue weighted by Crippen LogP contribution is -1.86. The minimum Gasteiger partial charge on any atom is -0.294 e. The van der Waals surface area contributed by atoms with Crippen LogP contribution in [0, 0.1) is 0 Å². The number of allylic oxidation sites excluding steroid dienone is 2. The summed E-state index contributed by atoms with van der Waals surface area (Å²) >= 11 is 2.11. The Bertz CT molecular complexity index is 158. The molecule has 0 saturated carbocycles. The first-order valence-corrected chi connectivity index (χ1v) is 3.68. The highest BCUT2D eigenvalue weighted by Gasteiger charge is 2.16. The number of hydrogen-bond donors (Lipinski definition) is 0. The van der Waals surface area contributed by atoms with E-state index in [2.05, 4.69) is 22.6 Å². The molecule has 44 valence electrons. The molecule has 2 heteroatoms. The van der Waals surface area contributed by atoms with E-state index in [4.69, 9.17) is 0 Å². The van der Waals surface area contributed by atoms with Crippen LogP contribution in [0.5, 0.6) is 0 Å². The lowest BCUT2D eigenvalue weighted by atomic mass is 10.3. The fraction of sp³-hybridized carbons (Fsp3) is 0.500. The smallest absolute Gasteiger partial charge is 0.169 e. The Labute approximate surface area is 62.3 Å². The monoisotopic (exact) mass is 222 g/mol. The molecule has 0 aromatic heterocycles. The zero-order valence-corrected chi connectivity index (χ0v) is 6.86. The fourth-order valence-corrected chi connectivity index (χ4v) is 1.30. The van der Waals surface area contributed by atoms with Crippen molar-refractivity contribution < 1.29 is 4.79 Å². The molecule has 0 unspecified atom stereocenters. The Morgan fingerprint density at radius 3 is 2.25 bits per heavy atom. The van der Waals surface area contributed by atoms with Crippen molar-refractivity contribution in [2.75, 3.05) is 0 Å². The molecule has 1 nitrogen and oxygen atoms in total. The van der Waals surface area contributed by atoms with Gasteiger partial charge in [0.1, 0.15) is 0 Å². The van der Waals surface area contributed by atoms with Gasteiger partial charge >= 0.3 is 0 Å². The second-order valence-electron chi connectivity index (χ2n) is 2.02. The maximum Gasteiger partial charge on any atom is 0.169 e. The van der Waals surface area contributed by atoms with Crippen LogP contribution >= 0.6 is 22.6 Å². The number of hydrogen-bond acceptors (Lipinski definition) is 1. The number of halogens is 1. The van der Waals surface area contributed by atoms with Crippen LogP contribution in [0.25, 0.3) is 0 Å². The highest BCUT2D eigenvalue weighted by Crippen LogP contribution is 2.26. The van der Waals surface area contributed by atoms with Gasteiger partial charge in [0.05, 0.1) is 3.58 Å². The number of carbonyl (C=O) groups excluding carboxylic acids is 1. The highest BCUT2D eigenvalue weighted by atomic mass is 127. The predicted molar refractivity (Wildman–Crippen MR) is 41.0 cm³/mol. The molecule has 0 bridgehead atoms. The largest absolute Gasteiger partial charge is 0.294 e. The van der Waals surface area contributed by atoms with E-state index in [1.54, 1.807) is 0 Å². The lowest BCUT2D eigenvalue weighted by Gasteiger charge is -1.84. The number of rotatable bonds is 0. The van der Waals surface area contributed by atoms with E-state index in [0.29, 0.717) is 5.78 Å². The molecule has 0 atom stereocenters. The van der Waals surface area contributed by atoms with Crippen LogP contribution in [0.15, 0.2) is 9.15 Å². The SMILES string of the molecule is CC1=C(I)C(=O)CC1. The van der Waals surface area contributed by atoms with Crippen molar-refractivity contribution in [3.8, 4) is 0 Å². The van der Waals surface area contributed by atoms with Crippen molar-refractivity contribution in [2.45, 2.75) is 19.8 Å². The van der Waals surface area contributed by atoms with Crippen molar-refractivity contribution in [1.82, 2.24) is 0 Å². The molecule has 0 radical (unpaired) electrons. The van der Waals surface area contributed by atoms with Crippen LogP contribution < -0.4 is 0 Å². The molecule has 0 heterocycles. The van der Waals surface area contributed by atoms with E-state index in [0.717, 1.165) is 16.4 Å². The summed E-state index contributed by atoms with van der Waals surface area (Å²) in [5.74, 6) is 0.322. The molecule has 1 aliphatic rings. The van der Waals surface area contributed by atoms with E-state index in [9.17, 15) is 4.79 Å². The molecular weight excluding hydrogens is 215 g/mol. The Balaban J connectivity index is 2.86. The van der Waals surface area contributed by atoms with Gasteiger partial charge in [0.25, 0.3) is 0 Å². The molecule has 0 spiro atoms. The average molecular weight is 222 g/mol. The van der Waals surface area contributed by atoms with Crippen molar-refractivity contribution in [3.05, 3.63) is 9.15 Å². The first kappa shape index (κ1) is 6.26. The standard InChI is InChI=1S/C6H7IO/c1-4-2-3-5(8)6(4)7/h2-3H2,1H3. The average Bonchev–Trinajstić information content (AvgIpc) is 1.98. The Hall–Kier alpha value is 0.140. The first-order chi connectivity index (χ1) is 3.72. The van der Waals surface area contributed by atoms with Gasteiger partial charge in [-0.3, -0.25) is 4.79 Å². The Morgan fingerprint density at radius 1 is 1.50 bits per heavy atom. The van der Waals surface area contributed by atoms with Crippen LogP contribution in [-0.4, -0.2) is 5.78 Å².